The molecule has 1 heterocycles. The van der Waals surface area contributed by atoms with Crippen LogP contribution >= 0.6 is 0 Å². The van der Waals surface area contributed by atoms with Crippen molar-refractivity contribution in [2.75, 3.05) is 6.54 Å². The summed E-state index contributed by atoms with van der Waals surface area (Å²) in [6, 6.07) is 5.66. The zero-order valence-electron chi connectivity index (χ0n) is 12.7. The topological polar surface area (TPSA) is 38.3 Å². The largest absolute Gasteiger partial charge is 0.488 e. The Bertz CT molecular complexity index is 819. The molecule has 3 rings (SSSR count). The second-order valence-electron chi connectivity index (χ2n) is 5.63. The molecule has 132 valence electrons. The summed E-state index contributed by atoms with van der Waals surface area (Å²) in [5.41, 5.74) is -1.03. The van der Waals surface area contributed by atoms with E-state index in [1.807, 2.05) is 0 Å². The van der Waals surface area contributed by atoms with Crippen LogP contribution in [0.15, 0.2) is 36.4 Å². The van der Waals surface area contributed by atoms with Gasteiger partial charge in [-0.25, -0.2) is 8.78 Å². The summed E-state index contributed by atoms with van der Waals surface area (Å²) in [6.07, 6.45) is -4.88. The third-order valence-electron chi connectivity index (χ3n) is 3.74. The second kappa shape index (κ2) is 6.34. The number of carbonyl (C=O) groups is 1. The highest BCUT2D eigenvalue weighted by Crippen LogP contribution is 2.31. The fourth-order valence-electron chi connectivity index (χ4n) is 2.60. The van der Waals surface area contributed by atoms with Crippen molar-refractivity contribution in [2.24, 2.45) is 0 Å². The first-order valence-electron chi connectivity index (χ1n) is 7.33. The Balaban J connectivity index is 1.65. The molecule has 25 heavy (non-hydrogen) atoms. The van der Waals surface area contributed by atoms with Gasteiger partial charge in [0.25, 0.3) is 5.91 Å². The predicted octanol–water partition coefficient (Wildman–Crippen LogP) is 3.72. The summed E-state index contributed by atoms with van der Waals surface area (Å²) in [4.78, 5) is 12.0. The quantitative estimate of drug-likeness (QED) is 0.851. The summed E-state index contributed by atoms with van der Waals surface area (Å²) in [7, 11) is 0. The summed E-state index contributed by atoms with van der Waals surface area (Å²) < 4.78 is 70.0. The van der Waals surface area contributed by atoms with Crippen LogP contribution in [0.3, 0.4) is 0 Å². The van der Waals surface area contributed by atoms with Crippen LogP contribution in [-0.2, 0) is 12.6 Å². The molecule has 2 aromatic rings. The lowest BCUT2D eigenvalue weighted by atomic mass is 10.1. The van der Waals surface area contributed by atoms with Gasteiger partial charge in [0.05, 0.1) is 12.1 Å². The average molecular weight is 357 g/mol. The molecule has 8 heteroatoms. The fourth-order valence-corrected chi connectivity index (χ4v) is 2.60. The molecule has 0 bridgehead atoms. The third-order valence-corrected chi connectivity index (χ3v) is 3.74. The van der Waals surface area contributed by atoms with E-state index in [9.17, 15) is 26.7 Å². The van der Waals surface area contributed by atoms with Crippen molar-refractivity contribution in [1.82, 2.24) is 5.32 Å². The number of carbonyl (C=O) groups excluding carboxylic acids is 1. The standard InChI is InChI=1S/C17H12F5NO2/c18-12-1-2-15-9(4-12)6-14(25-15)8-23-16(24)10-3-11(17(20,21)22)7-13(19)5-10/h1-5,7,14H,6,8H2,(H,23,24)/t14-/m0/s1. The van der Waals surface area contributed by atoms with Gasteiger partial charge in [0.1, 0.15) is 23.5 Å². The minimum Gasteiger partial charge on any atom is -0.488 e. The molecular weight excluding hydrogens is 345 g/mol. The van der Waals surface area contributed by atoms with Gasteiger partial charge in [0, 0.05) is 17.5 Å². The second-order valence-corrected chi connectivity index (χ2v) is 5.63. The number of benzene rings is 2. The maximum Gasteiger partial charge on any atom is 0.416 e. The lowest BCUT2D eigenvalue weighted by molar-refractivity contribution is -0.137. The summed E-state index contributed by atoms with van der Waals surface area (Å²) in [6.45, 7) is -0.00695. The van der Waals surface area contributed by atoms with Gasteiger partial charge in [-0.3, -0.25) is 4.79 Å². The molecule has 1 aliphatic heterocycles. The van der Waals surface area contributed by atoms with Crippen molar-refractivity contribution >= 4 is 5.91 Å². The first kappa shape index (κ1) is 17.2. The molecule has 0 unspecified atom stereocenters. The van der Waals surface area contributed by atoms with E-state index < -0.39 is 40.9 Å². The zero-order valence-corrected chi connectivity index (χ0v) is 12.7. The fraction of sp³-hybridized carbons (Fsp3) is 0.235. The van der Waals surface area contributed by atoms with Gasteiger partial charge in [0.2, 0.25) is 0 Å². The first-order valence-corrected chi connectivity index (χ1v) is 7.33. The smallest absolute Gasteiger partial charge is 0.416 e. The molecule has 0 saturated carbocycles. The highest BCUT2D eigenvalue weighted by atomic mass is 19.4. The van der Waals surface area contributed by atoms with E-state index in [4.69, 9.17) is 4.74 Å². The minimum absolute atomic E-state index is 0.00695. The number of amides is 1. The normalized spacial score (nSPS) is 16.3. The number of rotatable bonds is 3. The van der Waals surface area contributed by atoms with Crippen molar-refractivity contribution < 1.29 is 31.5 Å². The summed E-state index contributed by atoms with van der Waals surface area (Å²) in [5.74, 6) is -1.92. The summed E-state index contributed by atoms with van der Waals surface area (Å²) in [5, 5.41) is 2.40. The van der Waals surface area contributed by atoms with Gasteiger partial charge >= 0.3 is 6.18 Å². The molecule has 2 aromatic carbocycles. The molecule has 1 atom stereocenters. The van der Waals surface area contributed by atoms with E-state index in [2.05, 4.69) is 5.32 Å². The lowest BCUT2D eigenvalue weighted by Crippen LogP contribution is -2.34. The lowest BCUT2D eigenvalue weighted by Gasteiger charge is -2.13. The average Bonchev–Trinajstić information content (AvgIpc) is 2.93. The van der Waals surface area contributed by atoms with Crippen LogP contribution in [0, 0.1) is 11.6 Å². The van der Waals surface area contributed by atoms with Crippen LogP contribution in [-0.4, -0.2) is 18.6 Å². The number of fused-ring (bicyclic) bond motifs is 1. The van der Waals surface area contributed by atoms with Gasteiger partial charge < -0.3 is 10.1 Å². The molecule has 3 nitrogen and oxygen atoms in total. The Kier molecular flexibility index (Phi) is 4.36. The summed E-state index contributed by atoms with van der Waals surface area (Å²) >= 11 is 0. The highest BCUT2D eigenvalue weighted by molar-refractivity contribution is 5.94. The van der Waals surface area contributed by atoms with Crippen LogP contribution in [0.4, 0.5) is 22.0 Å². The van der Waals surface area contributed by atoms with E-state index >= 15 is 0 Å². The SMILES string of the molecule is O=C(NC[C@@H]1Cc2cc(F)ccc2O1)c1cc(F)cc(C(F)(F)F)c1. The highest BCUT2D eigenvalue weighted by Gasteiger charge is 2.32. The molecule has 0 aromatic heterocycles. The van der Waals surface area contributed by atoms with E-state index in [1.54, 1.807) is 0 Å². The van der Waals surface area contributed by atoms with Gasteiger partial charge in [0.15, 0.2) is 0 Å². The van der Waals surface area contributed by atoms with Crippen molar-refractivity contribution in [3.63, 3.8) is 0 Å². The van der Waals surface area contributed by atoms with Crippen LogP contribution < -0.4 is 10.1 Å². The Morgan fingerprint density at radius 3 is 2.60 bits per heavy atom. The molecule has 1 amide bonds. The number of hydrogen-bond donors (Lipinski definition) is 1. The van der Waals surface area contributed by atoms with Crippen LogP contribution in [0.1, 0.15) is 21.5 Å². The molecule has 0 aliphatic carbocycles. The maximum atomic E-state index is 13.3. The Morgan fingerprint density at radius 2 is 1.88 bits per heavy atom. The number of nitrogens with one attached hydrogen (secondary N) is 1. The minimum atomic E-state index is -4.75. The van der Waals surface area contributed by atoms with Crippen molar-refractivity contribution in [3.8, 4) is 5.75 Å². The van der Waals surface area contributed by atoms with E-state index in [1.165, 1.54) is 18.2 Å². The van der Waals surface area contributed by atoms with E-state index in [0.717, 1.165) is 6.07 Å². The van der Waals surface area contributed by atoms with E-state index in [-0.39, 0.29) is 6.54 Å². The van der Waals surface area contributed by atoms with Gasteiger partial charge in [-0.1, -0.05) is 0 Å². The third kappa shape index (κ3) is 3.89. The van der Waals surface area contributed by atoms with Crippen molar-refractivity contribution in [1.29, 1.82) is 0 Å². The van der Waals surface area contributed by atoms with E-state index in [0.29, 0.717) is 29.9 Å². The van der Waals surface area contributed by atoms with Crippen LogP contribution in [0.2, 0.25) is 0 Å². The zero-order chi connectivity index (χ0) is 18.2. The monoisotopic (exact) mass is 357 g/mol. The molecule has 0 spiro atoms. The molecule has 0 saturated heterocycles. The molecule has 0 radical (unpaired) electrons. The van der Waals surface area contributed by atoms with Gasteiger partial charge in [-0.05, 0) is 36.4 Å². The number of alkyl halides is 3. The maximum absolute atomic E-state index is 13.3. The number of hydrogen-bond acceptors (Lipinski definition) is 2. The van der Waals surface area contributed by atoms with Crippen LogP contribution in [0.5, 0.6) is 5.75 Å². The number of halogens is 5. The molecule has 1 aliphatic rings. The first-order chi connectivity index (χ1) is 11.7. The Morgan fingerprint density at radius 1 is 1.12 bits per heavy atom. The Labute approximate surface area is 139 Å². The van der Waals surface area contributed by atoms with Crippen LogP contribution in [0.25, 0.3) is 0 Å². The van der Waals surface area contributed by atoms with Gasteiger partial charge in [-0.15, -0.1) is 0 Å². The molecular formula is C17H12F5NO2. The molecule has 1 N–H and O–H groups in total. The van der Waals surface area contributed by atoms with Gasteiger partial charge in [-0.2, -0.15) is 13.2 Å². The molecule has 0 fully saturated rings. The van der Waals surface area contributed by atoms with Crippen molar-refractivity contribution in [2.45, 2.75) is 18.7 Å². The Hall–Kier alpha value is -2.64. The predicted molar refractivity (Wildman–Crippen MR) is 78.3 cm³/mol. The number of ether oxygens (including phenoxy) is 1. The van der Waals surface area contributed by atoms with Crippen molar-refractivity contribution in [3.05, 3.63) is 64.7 Å².